The second kappa shape index (κ2) is 5.46. The van der Waals surface area contributed by atoms with Crippen LogP contribution in [0.1, 0.15) is 12.0 Å². The van der Waals surface area contributed by atoms with Gasteiger partial charge < -0.3 is 4.74 Å². The summed E-state index contributed by atoms with van der Waals surface area (Å²) < 4.78 is 6.29. The molecule has 0 bridgehead atoms. The minimum absolute atomic E-state index is 0.545. The highest BCUT2D eigenvalue weighted by atomic mass is 79.9. The zero-order chi connectivity index (χ0) is 10.4. The maximum absolute atomic E-state index is 8.83. The number of nitrogens with zero attached hydrogens (tertiary/aromatic N) is 1. The highest BCUT2D eigenvalue weighted by Gasteiger charge is 2.02. The van der Waals surface area contributed by atoms with Gasteiger partial charge in [-0.25, -0.2) is 0 Å². The predicted octanol–water partition coefficient (Wildman–Crippen LogP) is 3.28. The van der Waals surface area contributed by atoms with Gasteiger partial charge in [0.25, 0.3) is 0 Å². The van der Waals surface area contributed by atoms with Crippen LogP contribution in [0.3, 0.4) is 0 Å². The van der Waals surface area contributed by atoms with Crippen molar-refractivity contribution in [2.45, 2.75) is 6.42 Å². The molecule has 0 saturated carbocycles. The van der Waals surface area contributed by atoms with Crippen LogP contribution in [-0.4, -0.2) is 6.61 Å². The predicted molar refractivity (Wildman–Crippen MR) is 59.2 cm³/mol. The minimum atomic E-state index is 0.545. The Labute approximate surface area is 91.9 Å². The zero-order valence-corrected chi connectivity index (χ0v) is 9.25. The second-order valence-electron chi connectivity index (χ2n) is 2.68. The van der Waals surface area contributed by atoms with Gasteiger partial charge in [0.1, 0.15) is 11.8 Å². The number of rotatable bonds is 4. The molecule has 14 heavy (non-hydrogen) atoms. The van der Waals surface area contributed by atoms with Crippen molar-refractivity contribution in [3.05, 3.63) is 40.9 Å². The molecule has 2 nitrogen and oxygen atoms in total. The first-order valence-corrected chi connectivity index (χ1v) is 5.00. The van der Waals surface area contributed by atoms with Crippen LogP contribution in [0.2, 0.25) is 0 Å². The lowest BCUT2D eigenvalue weighted by Crippen LogP contribution is -1.97. The summed E-state index contributed by atoms with van der Waals surface area (Å²) in [5, 5.41) is 8.83. The minimum Gasteiger partial charge on any atom is -0.492 e. The van der Waals surface area contributed by atoms with E-state index in [-0.39, 0.29) is 0 Å². The lowest BCUT2D eigenvalue weighted by molar-refractivity contribution is 0.324. The van der Waals surface area contributed by atoms with E-state index >= 15 is 0 Å². The molecule has 1 aromatic rings. The SMILES string of the molecule is C=CCCOc1ccc(Br)cc1C#N. The van der Waals surface area contributed by atoms with E-state index < -0.39 is 0 Å². The number of nitriles is 1. The second-order valence-corrected chi connectivity index (χ2v) is 3.59. The molecule has 0 spiro atoms. The number of benzene rings is 1. The fraction of sp³-hybridized carbons (Fsp3) is 0.182. The van der Waals surface area contributed by atoms with Crippen molar-refractivity contribution < 1.29 is 4.74 Å². The van der Waals surface area contributed by atoms with Crippen molar-refractivity contribution in [3.8, 4) is 11.8 Å². The Morgan fingerprint density at radius 3 is 3.00 bits per heavy atom. The summed E-state index contributed by atoms with van der Waals surface area (Å²) in [6, 6.07) is 7.46. The van der Waals surface area contributed by atoms with Crippen molar-refractivity contribution in [2.75, 3.05) is 6.61 Å². The first kappa shape index (κ1) is 10.8. The average molecular weight is 252 g/mol. The van der Waals surface area contributed by atoms with E-state index in [2.05, 4.69) is 28.6 Å². The molecule has 1 rings (SSSR count). The maximum atomic E-state index is 8.83. The molecule has 0 amide bonds. The van der Waals surface area contributed by atoms with Crippen LogP contribution in [0.4, 0.5) is 0 Å². The van der Waals surface area contributed by atoms with Crippen molar-refractivity contribution >= 4 is 15.9 Å². The lowest BCUT2D eigenvalue weighted by atomic mass is 10.2. The molecular formula is C11H10BrNO. The molecule has 0 aliphatic heterocycles. The summed E-state index contributed by atoms with van der Waals surface area (Å²) >= 11 is 3.30. The van der Waals surface area contributed by atoms with Gasteiger partial charge in [-0.2, -0.15) is 5.26 Å². The zero-order valence-electron chi connectivity index (χ0n) is 7.66. The largest absolute Gasteiger partial charge is 0.492 e. The topological polar surface area (TPSA) is 33.0 Å². The monoisotopic (exact) mass is 251 g/mol. The van der Waals surface area contributed by atoms with Gasteiger partial charge in [-0.05, 0) is 24.6 Å². The van der Waals surface area contributed by atoms with Gasteiger partial charge in [-0.1, -0.05) is 22.0 Å². The third-order valence-electron chi connectivity index (χ3n) is 1.64. The van der Waals surface area contributed by atoms with E-state index in [1.165, 1.54) is 0 Å². The van der Waals surface area contributed by atoms with Gasteiger partial charge in [-0.3, -0.25) is 0 Å². The molecule has 3 heteroatoms. The van der Waals surface area contributed by atoms with Crippen molar-refractivity contribution in [1.82, 2.24) is 0 Å². The van der Waals surface area contributed by atoms with E-state index in [0.717, 1.165) is 10.9 Å². The third-order valence-corrected chi connectivity index (χ3v) is 2.13. The van der Waals surface area contributed by atoms with Crippen LogP contribution in [-0.2, 0) is 0 Å². The molecule has 0 N–H and O–H groups in total. The number of halogens is 1. The summed E-state index contributed by atoms with van der Waals surface area (Å²) in [4.78, 5) is 0. The summed E-state index contributed by atoms with van der Waals surface area (Å²) in [5.74, 6) is 0.623. The standard InChI is InChI=1S/C11H10BrNO/c1-2-3-6-14-11-5-4-10(12)7-9(11)8-13/h2,4-5,7H,1,3,6H2. The third kappa shape index (κ3) is 2.90. The Morgan fingerprint density at radius 1 is 1.57 bits per heavy atom. The molecule has 0 aromatic heterocycles. The van der Waals surface area contributed by atoms with Gasteiger partial charge in [0.05, 0.1) is 12.2 Å². The summed E-state index contributed by atoms with van der Waals surface area (Å²) in [6.45, 7) is 4.15. The van der Waals surface area contributed by atoms with E-state index in [0.29, 0.717) is 17.9 Å². The van der Waals surface area contributed by atoms with E-state index in [9.17, 15) is 0 Å². The summed E-state index contributed by atoms with van der Waals surface area (Å²) in [6.07, 6.45) is 2.56. The highest BCUT2D eigenvalue weighted by molar-refractivity contribution is 9.10. The normalized spacial score (nSPS) is 9.14. The first-order chi connectivity index (χ1) is 6.77. The molecule has 0 aliphatic rings. The molecule has 0 fully saturated rings. The fourth-order valence-corrected chi connectivity index (χ4v) is 1.33. The fourth-order valence-electron chi connectivity index (χ4n) is 0.968. The Hall–Kier alpha value is -1.27. The molecule has 0 atom stereocenters. The van der Waals surface area contributed by atoms with E-state index in [1.54, 1.807) is 18.2 Å². The van der Waals surface area contributed by atoms with Gasteiger partial charge in [-0.15, -0.1) is 6.58 Å². The molecule has 0 aliphatic carbocycles. The van der Waals surface area contributed by atoms with Crippen LogP contribution in [0.25, 0.3) is 0 Å². The maximum Gasteiger partial charge on any atom is 0.137 e. The van der Waals surface area contributed by atoms with Gasteiger partial charge in [0, 0.05) is 4.47 Å². The first-order valence-electron chi connectivity index (χ1n) is 4.21. The van der Waals surface area contributed by atoms with E-state index in [1.807, 2.05) is 6.07 Å². The number of hydrogen-bond acceptors (Lipinski definition) is 2. The Morgan fingerprint density at radius 2 is 2.36 bits per heavy atom. The van der Waals surface area contributed by atoms with Gasteiger partial charge in [0.2, 0.25) is 0 Å². The molecule has 0 radical (unpaired) electrons. The smallest absolute Gasteiger partial charge is 0.137 e. The lowest BCUT2D eigenvalue weighted by Gasteiger charge is -2.06. The van der Waals surface area contributed by atoms with Crippen molar-refractivity contribution in [3.63, 3.8) is 0 Å². The van der Waals surface area contributed by atoms with Crippen LogP contribution in [0.15, 0.2) is 35.3 Å². The summed E-state index contributed by atoms with van der Waals surface area (Å²) in [5.41, 5.74) is 0.545. The Balaban J connectivity index is 2.76. The van der Waals surface area contributed by atoms with Gasteiger partial charge in [0.15, 0.2) is 0 Å². The molecule has 1 aromatic carbocycles. The van der Waals surface area contributed by atoms with E-state index in [4.69, 9.17) is 10.00 Å². The Kier molecular flexibility index (Phi) is 4.21. The molecule has 0 heterocycles. The van der Waals surface area contributed by atoms with Crippen molar-refractivity contribution in [2.24, 2.45) is 0 Å². The molecule has 72 valence electrons. The van der Waals surface area contributed by atoms with Crippen molar-refractivity contribution in [1.29, 1.82) is 5.26 Å². The number of hydrogen-bond donors (Lipinski definition) is 0. The van der Waals surface area contributed by atoms with Gasteiger partial charge >= 0.3 is 0 Å². The van der Waals surface area contributed by atoms with Crippen LogP contribution in [0, 0.1) is 11.3 Å². The van der Waals surface area contributed by atoms with Crippen LogP contribution < -0.4 is 4.74 Å². The average Bonchev–Trinajstić information content (AvgIpc) is 2.20. The Bertz CT molecular complexity index is 368. The quantitative estimate of drug-likeness (QED) is 0.608. The molecule has 0 saturated heterocycles. The summed E-state index contributed by atoms with van der Waals surface area (Å²) in [7, 11) is 0. The molecule has 0 unspecified atom stereocenters. The van der Waals surface area contributed by atoms with Crippen LogP contribution >= 0.6 is 15.9 Å². The number of ether oxygens (including phenoxy) is 1. The highest BCUT2D eigenvalue weighted by Crippen LogP contribution is 2.22. The molecular weight excluding hydrogens is 242 g/mol. The van der Waals surface area contributed by atoms with Crippen LogP contribution in [0.5, 0.6) is 5.75 Å².